The molecule has 0 aliphatic carbocycles. The molecule has 250 valence electrons. The number of rotatable bonds is 4. The summed E-state index contributed by atoms with van der Waals surface area (Å²) in [5.74, 6) is 0. The van der Waals surface area contributed by atoms with Gasteiger partial charge in [-0.15, -0.1) is 0 Å². The van der Waals surface area contributed by atoms with Crippen LogP contribution in [0.5, 0.6) is 0 Å². The predicted octanol–water partition coefficient (Wildman–Crippen LogP) is 14.2. The van der Waals surface area contributed by atoms with Crippen LogP contribution in [-0.2, 0) is 0 Å². The van der Waals surface area contributed by atoms with E-state index in [-0.39, 0.29) is 0 Å². The third-order valence-corrected chi connectivity index (χ3v) is 11.6. The lowest BCUT2D eigenvalue weighted by Crippen LogP contribution is -1.90. The number of hydrogen-bond acceptors (Lipinski definition) is 2. The highest BCUT2D eigenvalue weighted by Gasteiger charge is 2.19. The first-order chi connectivity index (χ1) is 25.4. The highest BCUT2D eigenvalue weighted by atomic mass is 127. The van der Waals surface area contributed by atoms with Gasteiger partial charge in [-0.05, 0) is 142 Å². The Kier molecular flexibility index (Phi) is 8.95. The number of nitrogens with one attached hydrogen (secondary N) is 2. The molecule has 0 amide bonds. The zero-order chi connectivity index (χ0) is 35.3. The fourth-order valence-corrected chi connectivity index (χ4v) is 8.04. The van der Waals surface area contributed by atoms with E-state index in [9.17, 15) is 0 Å². The standard InChI is InChI=1S/C44H26Br3IN4/c45-29-9-1-25(2-10-29)41-33-17-19-35(49-33)42(26-3-11-30(46)12-4-26)37-21-23-39(51-37)44(28-7-15-32(48)16-8-28)40-24-22-38(52-40)43(36-20-18-34(41)50-36)27-5-13-31(47)14-6-27/h1-24,49,52H. The van der Waals surface area contributed by atoms with Gasteiger partial charge in [0.2, 0.25) is 0 Å². The summed E-state index contributed by atoms with van der Waals surface area (Å²) >= 11 is 13.3. The molecule has 0 spiro atoms. The van der Waals surface area contributed by atoms with Gasteiger partial charge in [-0.2, -0.15) is 0 Å². The van der Waals surface area contributed by atoms with Crippen LogP contribution in [0, 0.1) is 3.57 Å². The monoisotopic (exact) mass is 974 g/mol. The van der Waals surface area contributed by atoms with Crippen molar-refractivity contribution < 1.29 is 0 Å². The van der Waals surface area contributed by atoms with E-state index in [1.165, 1.54) is 3.57 Å². The van der Waals surface area contributed by atoms with Crippen LogP contribution in [0.4, 0.5) is 0 Å². The summed E-state index contributed by atoms with van der Waals surface area (Å²) in [6.45, 7) is 0. The van der Waals surface area contributed by atoms with Crippen LogP contribution in [0.25, 0.3) is 90.9 Å². The first kappa shape index (κ1) is 33.5. The lowest BCUT2D eigenvalue weighted by atomic mass is 10.0. The van der Waals surface area contributed by atoms with Crippen molar-refractivity contribution in [3.05, 3.63) is 161 Å². The Balaban J connectivity index is 1.47. The predicted molar refractivity (Wildman–Crippen MR) is 236 cm³/mol. The lowest BCUT2D eigenvalue weighted by Gasteiger charge is -2.07. The van der Waals surface area contributed by atoms with Crippen LogP contribution in [0.15, 0.2) is 135 Å². The molecule has 3 aromatic heterocycles. The quantitative estimate of drug-likeness (QED) is 0.173. The smallest absolute Gasteiger partial charge is 0.0737 e. The van der Waals surface area contributed by atoms with E-state index in [1.54, 1.807) is 0 Å². The second kappa shape index (κ2) is 13.9. The minimum atomic E-state index is 0.879. The number of aromatic nitrogens is 4. The van der Waals surface area contributed by atoms with E-state index in [0.29, 0.717) is 0 Å². The van der Waals surface area contributed by atoms with Gasteiger partial charge >= 0.3 is 0 Å². The van der Waals surface area contributed by atoms with Gasteiger partial charge in [0, 0.05) is 61.3 Å². The third kappa shape index (κ3) is 6.36. The summed E-state index contributed by atoms with van der Waals surface area (Å²) in [5, 5.41) is 0. The molecule has 0 atom stereocenters. The summed E-state index contributed by atoms with van der Waals surface area (Å²) in [7, 11) is 0. The molecule has 4 nitrogen and oxygen atoms in total. The van der Waals surface area contributed by atoms with E-state index in [1.807, 2.05) is 0 Å². The number of nitrogens with zero attached hydrogens (tertiary/aromatic N) is 2. The molecule has 8 heteroatoms. The molecule has 0 saturated heterocycles. The molecular formula is C44H26Br3IN4. The summed E-state index contributed by atoms with van der Waals surface area (Å²) in [6, 6.07) is 42.5. The van der Waals surface area contributed by atoms with Gasteiger partial charge in [0.05, 0.1) is 22.8 Å². The molecule has 0 unspecified atom stereocenters. The van der Waals surface area contributed by atoms with E-state index in [4.69, 9.17) is 9.97 Å². The normalized spacial score (nSPS) is 12.1. The van der Waals surface area contributed by atoms with Gasteiger partial charge in [-0.1, -0.05) is 96.3 Å². The van der Waals surface area contributed by atoms with Gasteiger partial charge in [0.1, 0.15) is 0 Å². The summed E-state index contributed by atoms with van der Waals surface area (Å²) < 4.78 is 4.24. The molecule has 0 fully saturated rings. The molecule has 0 radical (unpaired) electrons. The minimum absolute atomic E-state index is 0.879. The topological polar surface area (TPSA) is 57.4 Å². The maximum absolute atomic E-state index is 5.39. The number of halogens is 4. The van der Waals surface area contributed by atoms with Crippen LogP contribution in [-0.4, -0.2) is 19.9 Å². The fraction of sp³-hybridized carbons (Fsp3) is 0. The zero-order valence-corrected chi connectivity index (χ0v) is 34.2. The Morgan fingerprint density at radius 3 is 0.865 bits per heavy atom. The zero-order valence-electron chi connectivity index (χ0n) is 27.3. The van der Waals surface area contributed by atoms with Crippen LogP contribution < -0.4 is 0 Å². The van der Waals surface area contributed by atoms with E-state index in [2.05, 4.69) is 226 Å². The van der Waals surface area contributed by atoms with Crippen molar-refractivity contribution >= 4 is 117 Å². The Labute approximate surface area is 339 Å². The Morgan fingerprint density at radius 1 is 0.346 bits per heavy atom. The number of hydrogen-bond donors (Lipinski definition) is 2. The van der Waals surface area contributed by atoms with Crippen LogP contribution in [0.1, 0.15) is 22.8 Å². The second-order valence-electron chi connectivity index (χ2n) is 12.5. The molecule has 8 bridgehead atoms. The molecule has 9 rings (SSSR count). The molecule has 2 N–H and O–H groups in total. The summed E-state index contributed by atoms with van der Waals surface area (Å²) in [4.78, 5) is 18.4. The third-order valence-electron chi connectivity index (χ3n) is 9.29. The molecule has 0 saturated carbocycles. The number of benzene rings is 4. The van der Waals surface area contributed by atoms with E-state index >= 15 is 0 Å². The summed E-state index contributed by atoms with van der Waals surface area (Å²) in [5.41, 5.74) is 15.8. The van der Waals surface area contributed by atoms with Crippen molar-refractivity contribution in [1.29, 1.82) is 0 Å². The van der Waals surface area contributed by atoms with Gasteiger partial charge < -0.3 is 9.97 Å². The number of H-pyrrole nitrogens is 2. The molecule has 52 heavy (non-hydrogen) atoms. The SMILES string of the molecule is Brc1ccc(-c2c3nc(c(-c4ccc(Br)cc4)c4ccc([nH]4)c(-c4ccc(I)cc4)c4nc(c(-c5ccc(Br)cc5)c5ccc2[nH]5)C=C4)C=C3)cc1. The van der Waals surface area contributed by atoms with E-state index < -0.39 is 0 Å². The van der Waals surface area contributed by atoms with Gasteiger partial charge in [0.15, 0.2) is 0 Å². The average molecular weight is 977 g/mol. The minimum Gasteiger partial charge on any atom is -0.354 e. The molecule has 2 aliphatic rings. The van der Waals surface area contributed by atoms with Gasteiger partial charge in [0.25, 0.3) is 0 Å². The van der Waals surface area contributed by atoms with Crippen molar-refractivity contribution in [3.63, 3.8) is 0 Å². The van der Waals surface area contributed by atoms with Crippen molar-refractivity contribution in [2.45, 2.75) is 0 Å². The van der Waals surface area contributed by atoms with Crippen molar-refractivity contribution in [2.75, 3.05) is 0 Å². The largest absolute Gasteiger partial charge is 0.354 e. The first-order valence-corrected chi connectivity index (χ1v) is 20.0. The first-order valence-electron chi connectivity index (χ1n) is 16.6. The Hall–Kier alpha value is -4.35. The molecule has 4 aromatic carbocycles. The maximum Gasteiger partial charge on any atom is 0.0737 e. The summed E-state index contributed by atoms with van der Waals surface area (Å²) in [6.07, 6.45) is 8.52. The van der Waals surface area contributed by atoms with E-state index in [0.717, 1.165) is 103 Å². The number of aromatic amines is 2. The van der Waals surface area contributed by atoms with Crippen molar-refractivity contribution in [3.8, 4) is 44.5 Å². The fourth-order valence-electron chi connectivity index (χ4n) is 6.89. The molecule has 2 aliphatic heterocycles. The molecule has 7 aromatic rings. The van der Waals surface area contributed by atoms with Crippen LogP contribution >= 0.6 is 70.4 Å². The average Bonchev–Trinajstić information content (AvgIpc) is 3.99. The van der Waals surface area contributed by atoms with Crippen LogP contribution in [0.3, 0.4) is 0 Å². The Morgan fingerprint density at radius 2 is 0.596 bits per heavy atom. The van der Waals surface area contributed by atoms with Gasteiger partial charge in [-0.3, -0.25) is 0 Å². The van der Waals surface area contributed by atoms with Crippen molar-refractivity contribution in [2.24, 2.45) is 0 Å². The maximum atomic E-state index is 5.39. The van der Waals surface area contributed by atoms with Crippen molar-refractivity contribution in [1.82, 2.24) is 19.9 Å². The highest BCUT2D eigenvalue weighted by Crippen LogP contribution is 2.39. The molecular weight excluding hydrogens is 951 g/mol. The number of fused-ring (bicyclic) bond motifs is 8. The Bertz CT molecular complexity index is 2370. The highest BCUT2D eigenvalue weighted by molar-refractivity contribution is 14.1. The van der Waals surface area contributed by atoms with Gasteiger partial charge in [-0.25, -0.2) is 9.97 Å². The second-order valence-corrected chi connectivity index (χ2v) is 16.5. The lowest BCUT2D eigenvalue weighted by molar-refractivity contribution is 1.31. The van der Waals surface area contributed by atoms with Crippen LogP contribution in [0.2, 0.25) is 0 Å². The molecule has 5 heterocycles.